The van der Waals surface area contributed by atoms with Gasteiger partial charge in [0.1, 0.15) is 10.0 Å². The highest BCUT2D eigenvalue weighted by atomic mass is 32.1. The zero-order chi connectivity index (χ0) is 15.5. The van der Waals surface area contributed by atoms with Crippen LogP contribution in [0.1, 0.15) is 41.0 Å². The Hall–Kier alpha value is -1.51. The van der Waals surface area contributed by atoms with Crippen LogP contribution in [-0.2, 0) is 24.3 Å². The zero-order valence-electron chi connectivity index (χ0n) is 12.5. The van der Waals surface area contributed by atoms with Crippen LogP contribution >= 0.6 is 22.7 Å². The summed E-state index contributed by atoms with van der Waals surface area (Å²) in [6.07, 6.45) is 0.858. The maximum absolute atomic E-state index is 12.0. The summed E-state index contributed by atoms with van der Waals surface area (Å²) in [6.45, 7) is 5.91. The Morgan fingerprint density at radius 2 is 2.36 bits per heavy atom. The van der Waals surface area contributed by atoms with Gasteiger partial charge in [-0.05, 0) is 5.92 Å². The fraction of sp³-hybridized carbons (Fsp3) is 0.500. The van der Waals surface area contributed by atoms with Crippen molar-refractivity contribution >= 4 is 33.7 Å². The molecule has 22 heavy (non-hydrogen) atoms. The molecule has 0 atom stereocenters. The summed E-state index contributed by atoms with van der Waals surface area (Å²) in [5, 5.41) is 7.43. The lowest BCUT2D eigenvalue weighted by Gasteiger charge is -2.08. The first kappa shape index (κ1) is 15.4. The van der Waals surface area contributed by atoms with Gasteiger partial charge in [-0.2, -0.15) is 0 Å². The van der Waals surface area contributed by atoms with Crippen LogP contribution in [0.5, 0.6) is 0 Å². The smallest absolute Gasteiger partial charge is 0.320 e. The van der Waals surface area contributed by atoms with E-state index in [0.717, 1.165) is 34.4 Å². The molecule has 1 aliphatic heterocycles. The molecule has 118 valence electrons. The molecule has 2 aromatic heterocycles. The molecule has 0 spiro atoms. The van der Waals surface area contributed by atoms with Gasteiger partial charge in [-0.1, -0.05) is 13.8 Å². The molecule has 2 aromatic rings. The van der Waals surface area contributed by atoms with E-state index in [1.54, 1.807) is 16.8 Å². The molecule has 0 unspecified atom stereocenters. The molecular formula is C14H18N4O2S2. The van der Waals surface area contributed by atoms with E-state index in [4.69, 9.17) is 4.74 Å². The lowest BCUT2D eigenvalue weighted by molar-refractivity contribution is 0.112. The predicted molar refractivity (Wildman–Crippen MR) is 87.5 cm³/mol. The van der Waals surface area contributed by atoms with Gasteiger partial charge in [-0.3, -0.25) is 5.32 Å². The molecule has 0 fully saturated rings. The molecule has 0 bridgehead atoms. The van der Waals surface area contributed by atoms with Crippen LogP contribution in [0.4, 0.5) is 9.80 Å². The number of ether oxygens (including phenoxy) is 1. The van der Waals surface area contributed by atoms with E-state index in [2.05, 4.69) is 34.4 Å². The van der Waals surface area contributed by atoms with E-state index in [1.165, 1.54) is 16.2 Å². The summed E-state index contributed by atoms with van der Waals surface area (Å²) in [5.74, 6) is 0.284. The van der Waals surface area contributed by atoms with Crippen molar-refractivity contribution in [3.63, 3.8) is 0 Å². The first-order chi connectivity index (χ1) is 10.6. The molecule has 3 heterocycles. The second-order valence-corrected chi connectivity index (χ2v) is 7.33. The largest absolute Gasteiger partial charge is 0.375 e. The van der Waals surface area contributed by atoms with Crippen molar-refractivity contribution in [2.75, 3.05) is 11.9 Å². The summed E-state index contributed by atoms with van der Waals surface area (Å²) < 4.78 is 5.41. The van der Waals surface area contributed by atoms with Crippen LogP contribution in [0.3, 0.4) is 0 Å². The lowest BCUT2D eigenvalue weighted by atomic mass is 10.1. The highest BCUT2D eigenvalue weighted by molar-refractivity contribution is 7.14. The van der Waals surface area contributed by atoms with Gasteiger partial charge in [0.05, 0.1) is 41.5 Å². The van der Waals surface area contributed by atoms with E-state index in [0.29, 0.717) is 13.2 Å². The number of urea groups is 1. The lowest BCUT2D eigenvalue weighted by Crippen LogP contribution is -2.28. The highest BCUT2D eigenvalue weighted by Gasteiger charge is 2.16. The molecule has 2 N–H and O–H groups in total. The van der Waals surface area contributed by atoms with Gasteiger partial charge in [0.15, 0.2) is 0 Å². The molecule has 6 nitrogen and oxygen atoms in total. The average molecular weight is 338 g/mol. The molecule has 0 radical (unpaired) electrons. The van der Waals surface area contributed by atoms with E-state index in [1.807, 2.05) is 0 Å². The minimum absolute atomic E-state index is 0.226. The standard InChI is InChI=1S/C14H18N4O2S2/c1-8(2)12-13(21-7-16-12)18-14(19)15-5-11-17-9-3-4-20-6-10(9)22-11/h7-8H,3-6H2,1-2H3,(H2,15,18,19). The average Bonchev–Trinajstić information content (AvgIpc) is 3.10. The van der Waals surface area contributed by atoms with Crippen molar-refractivity contribution in [3.8, 4) is 0 Å². The number of anilines is 1. The monoisotopic (exact) mass is 338 g/mol. The Morgan fingerprint density at radius 3 is 3.14 bits per heavy atom. The Labute approximate surface area is 136 Å². The molecule has 8 heteroatoms. The number of amides is 2. The summed E-state index contributed by atoms with van der Waals surface area (Å²) in [5.41, 5.74) is 3.78. The minimum atomic E-state index is -0.226. The minimum Gasteiger partial charge on any atom is -0.375 e. The molecule has 0 aliphatic carbocycles. The molecule has 2 amide bonds. The third-order valence-electron chi connectivity index (χ3n) is 3.31. The number of nitrogens with zero attached hydrogens (tertiary/aromatic N) is 2. The van der Waals surface area contributed by atoms with Crippen LogP contribution < -0.4 is 10.6 Å². The molecule has 0 saturated carbocycles. The molecule has 1 aliphatic rings. The van der Waals surface area contributed by atoms with Crippen LogP contribution in [-0.4, -0.2) is 22.6 Å². The fourth-order valence-electron chi connectivity index (χ4n) is 2.22. The number of carbonyl (C=O) groups excluding carboxylic acids is 1. The van der Waals surface area contributed by atoms with Crippen molar-refractivity contribution in [3.05, 3.63) is 26.8 Å². The molecule has 3 rings (SSSR count). The number of aromatic nitrogens is 2. The second-order valence-electron chi connectivity index (χ2n) is 5.31. The normalized spacial score (nSPS) is 14.0. The zero-order valence-corrected chi connectivity index (χ0v) is 14.1. The maximum atomic E-state index is 12.0. The first-order valence-corrected chi connectivity index (χ1v) is 8.86. The number of nitrogens with one attached hydrogen (secondary N) is 2. The van der Waals surface area contributed by atoms with Crippen molar-refractivity contribution in [1.82, 2.24) is 15.3 Å². The number of carbonyl (C=O) groups is 1. The van der Waals surface area contributed by atoms with Gasteiger partial charge in [0.2, 0.25) is 0 Å². The van der Waals surface area contributed by atoms with E-state index in [-0.39, 0.29) is 11.9 Å². The first-order valence-electron chi connectivity index (χ1n) is 7.17. The maximum Gasteiger partial charge on any atom is 0.320 e. The van der Waals surface area contributed by atoms with Crippen LogP contribution in [0.25, 0.3) is 0 Å². The van der Waals surface area contributed by atoms with Crippen LogP contribution in [0.2, 0.25) is 0 Å². The third kappa shape index (κ3) is 3.45. The fourth-order valence-corrected chi connectivity index (χ4v) is 4.04. The van der Waals surface area contributed by atoms with E-state index < -0.39 is 0 Å². The second kappa shape index (κ2) is 6.72. The number of hydrogen-bond donors (Lipinski definition) is 2. The van der Waals surface area contributed by atoms with Crippen LogP contribution in [0, 0.1) is 0 Å². The summed E-state index contributed by atoms with van der Waals surface area (Å²) in [4.78, 5) is 22.0. The number of hydrogen-bond acceptors (Lipinski definition) is 6. The highest BCUT2D eigenvalue weighted by Crippen LogP contribution is 2.27. The summed E-state index contributed by atoms with van der Waals surface area (Å²) in [6, 6.07) is -0.226. The van der Waals surface area contributed by atoms with Crippen molar-refractivity contribution < 1.29 is 9.53 Å². The Balaban J connectivity index is 1.56. The Bertz CT molecular complexity index is 642. The van der Waals surface area contributed by atoms with E-state index >= 15 is 0 Å². The van der Waals surface area contributed by atoms with Gasteiger partial charge in [0.25, 0.3) is 0 Å². The Kier molecular flexibility index (Phi) is 4.70. The molecule has 0 aromatic carbocycles. The van der Waals surface area contributed by atoms with Gasteiger partial charge >= 0.3 is 6.03 Å². The van der Waals surface area contributed by atoms with Crippen molar-refractivity contribution in [2.45, 2.75) is 39.3 Å². The molecular weight excluding hydrogens is 320 g/mol. The SMILES string of the molecule is CC(C)c1ncsc1NC(=O)NCc1nc2c(s1)COCC2. The quantitative estimate of drug-likeness (QED) is 0.898. The van der Waals surface area contributed by atoms with Gasteiger partial charge < -0.3 is 10.1 Å². The van der Waals surface area contributed by atoms with Crippen molar-refractivity contribution in [1.29, 1.82) is 0 Å². The number of fused-ring (bicyclic) bond motifs is 1. The summed E-state index contributed by atoms with van der Waals surface area (Å²) >= 11 is 3.04. The number of rotatable bonds is 4. The van der Waals surface area contributed by atoms with Gasteiger partial charge in [-0.15, -0.1) is 22.7 Å². The van der Waals surface area contributed by atoms with Crippen molar-refractivity contribution in [2.24, 2.45) is 0 Å². The Morgan fingerprint density at radius 1 is 1.50 bits per heavy atom. The van der Waals surface area contributed by atoms with E-state index in [9.17, 15) is 4.79 Å². The van der Waals surface area contributed by atoms with Crippen LogP contribution in [0.15, 0.2) is 5.51 Å². The molecule has 0 saturated heterocycles. The third-order valence-corrected chi connectivity index (χ3v) is 5.14. The van der Waals surface area contributed by atoms with Gasteiger partial charge in [-0.25, -0.2) is 14.8 Å². The van der Waals surface area contributed by atoms with Gasteiger partial charge in [0, 0.05) is 6.42 Å². The topological polar surface area (TPSA) is 76.1 Å². The number of thiazole rings is 2. The predicted octanol–water partition coefficient (Wildman–Crippen LogP) is 3.12. The summed E-state index contributed by atoms with van der Waals surface area (Å²) in [7, 11) is 0.